The molecule has 0 saturated heterocycles. The summed E-state index contributed by atoms with van der Waals surface area (Å²) in [5.74, 6) is 0.622. The van der Waals surface area contributed by atoms with Crippen molar-refractivity contribution in [2.75, 3.05) is 0 Å². The molecule has 0 atom stereocenters. The zero-order chi connectivity index (χ0) is 28.7. The lowest BCUT2D eigenvalue weighted by Gasteiger charge is -2.14. The van der Waals surface area contributed by atoms with Crippen LogP contribution in [0.1, 0.15) is 16.7 Å². The molecule has 6 aromatic carbocycles. The first-order valence-corrected chi connectivity index (χ1v) is 13.7. The lowest BCUT2D eigenvalue weighted by molar-refractivity contribution is -0.136. The van der Waals surface area contributed by atoms with E-state index in [4.69, 9.17) is 4.74 Å². The fraction of sp³-hybridized carbons (Fsp3) is 0.0833. The number of alkyl halides is 3. The van der Waals surface area contributed by atoms with Crippen LogP contribution in [0, 0.1) is 0 Å². The molecule has 7 aromatic rings. The van der Waals surface area contributed by atoms with Crippen molar-refractivity contribution in [2.24, 2.45) is 0 Å². The predicted molar refractivity (Wildman–Crippen MR) is 162 cm³/mol. The second-order valence-corrected chi connectivity index (χ2v) is 10.3. The number of rotatable bonds is 6. The molecule has 1 heterocycles. The third kappa shape index (κ3) is 4.75. The van der Waals surface area contributed by atoms with Crippen LogP contribution in [0.15, 0.2) is 127 Å². The smallest absolute Gasteiger partial charge is 0.418 e. The van der Waals surface area contributed by atoms with Crippen molar-refractivity contribution >= 4 is 32.4 Å². The summed E-state index contributed by atoms with van der Waals surface area (Å²) in [4.78, 5) is 0. The summed E-state index contributed by atoms with van der Waals surface area (Å²) >= 11 is 0. The van der Waals surface area contributed by atoms with Crippen molar-refractivity contribution in [2.45, 2.75) is 19.3 Å². The summed E-state index contributed by atoms with van der Waals surface area (Å²) in [6.07, 6.45) is -4.52. The van der Waals surface area contributed by atoms with Crippen LogP contribution in [-0.2, 0) is 19.3 Å². The monoisotopic (exact) mass is 558 g/mol. The van der Waals surface area contributed by atoms with Crippen molar-refractivity contribution in [3.8, 4) is 17.0 Å². The fourth-order valence-electron chi connectivity index (χ4n) is 5.71. The van der Waals surface area contributed by atoms with Crippen LogP contribution in [0.4, 0.5) is 13.2 Å². The van der Waals surface area contributed by atoms with Gasteiger partial charge in [-0.2, -0.15) is 18.3 Å². The van der Waals surface area contributed by atoms with Gasteiger partial charge in [-0.25, -0.2) is 0 Å². The minimum Gasteiger partial charge on any atom is -0.489 e. The number of fused-ring (bicyclic) bond motifs is 3. The van der Waals surface area contributed by atoms with Crippen LogP contribution in [0.25, 0.3) is 43.7 Å². The molecule has 0 N–H and O–H groups in total. The Morgan fingerprint density at radius 1 is 0.643 bits per heavy atom. The van der Waals surface area contributed by atoms with Gasteiger partial charge >= 0.3 is 6.18 Å². The Hall–Kier alpha value is -5.10. The zero-order valence-electron chi connectivity index (χ0n) is 22.5. The average molecular weight is 559 g/mol. The fourth-order valence-corrected chi connectivity index (χ4v) is 5.71. The maximum Gasteiger partial charge on any atom is 0.418 e. The maximum atomic E-state index is 14.0. The molecule has 7 rings (SSSR count). The van der Waals surface area contributed by atoms with Gasteiger partial charge in [0.25, 0.3) is 0 Å². The van der Waals surface area contributed by atoms with Crippen LogP contribution >= 0.6 is 0 Å². The number of hydrogen-bond donors (Lipinski definition) is 0. The summed E-state index contributed by atoms with van der Waals surface area (Å²) < 4.78 is 49.9. The van der Waals surface area contributed by atoms with E-state index in [-0.39, 0.29) is 5.52 Å². The van der Waals surface area contributed by atoms with E-state index in [1.165, 1.54) is 6.07 Å². The molecule has 0 amide bonds. The van der Waals surface area contributed by atoms with Gasteiger partial charge in [-0.1, -0.05) is 103 Å². The summed E-state index contributed by atoms with van der Waals surface area (Å²) in [6.45, 7) is 0.669. The van der Waals surface area contributed by atoms with Crippen LogP contribution < -0.4 is 4.74 Å². The normalized spacial score (nSPS) is 11.9. The number of aromatic nitrogens is 2. The van der Waals surface area contributed by atoms with E-state index < -0.39 is 11.7 Å². The molecule has 0 aliphatic heterocycles. The van der Waals surface area contributed by atoms with Crippen LogP contribution in [0.5, 0.6) is 5.75 Å². The van der Waals surface area contributed by atoms with Gasteiger partial charge in [0.05, 0.1) is 17.8 Å². The third-order valence-electron chi connectivity index (χ3n) is 7.62. The molecule has 0 saturated carbocycles. The standard InChI is InChI=1S/C36H25F3N2O/c37-36(38,39)33-19-9-18-31-34(33)40-41(22-24-10-2-1-3-11-24)35(31)27-14-8-15-28(21-27)42-23-32-29-16-6-4-12-25(29)20-26-13-5-7-17-30(26)32/h1-21H,22-23H2. The van der Waals surface area contributed by atoms with Gasteiger partial charge in [-0.05, 0) is 51.4 Å². The minimum absolute atomic E-state index is 0.0653. The first-order chi connectivity index (χ1) is 20.5. The largest absolute Gasteiger partial charge is 0.489 e. The molecule has 0 unspecified atom stereocenters. The van der Waals surface area contributed by atoms with E-state index in [9.17, 15) is 13.2 Å². The summed E-state index contributed by atoms with van der Waals surface area (Å²) in [5, 5.41) is 9.47. The molecule has 6 heteroatoms. The minimum atomic E-state index is -4.52. The van der Waals surface area contributed by atoms with E-state index >= 15 is 0 Å². The van der Waals surface area contributed by atoms with Crippen LogP contribution in [-0.4, -0.2) is 9.78 Å². The highest BCUT2D eigenvalue weighted by Gasteiger charge is 2.34. The van der Waals surface area contributed by atoms with Gasteiger partial charge in [-0.3, -0.25) is 4.68 Å². The van der Waals surface area contributed by atoms with Gasteiger partial charge in [0.2, 0.25) is 0 Å². The molecule has 0 bridgehead atoms. The van der Waals surface area contributed by atoms with Gasteiger partial charge in [0.1, 0.15) is 17.9 Å². The Kier molecular flexibility index (Phi) is 6.39. The number of ether oxygens (including phenoxy) is 1. The molecule has 1 aromatic heterocycles. The Morgan fingerprint density at radius 2 is 1.29 bits per heavy atom. The topological polar surface area (TPSA) is 27.1 Å². The van der Waals surface area contributed by atoms with Crippen molar-refractivity contribution in [3.05, 3.63) is 144 Å². The van der Waals surface area contributed by atoms with Gasteiger partial charge in [0.15, 0.2) is 0 Å². The maximum absolute atomic E-state index is 14.0. The average Bonchev–Trinajstić information content (AvgIpc) is 3.37. The van der Waals surface area contributed by atoms with Crippen molar-refractivity contribution in [1.82, 2.24) is 9.78 Å². The molecule has 3 nitrogen and oxygen atoms in total. The molecular formula is C36H25F3N2O. The predicted octanol–water partition coefficient (Wildman–Crippen LogP) is 9.66. The van der Waals surface area contributed by atoms with Crippen molar-refractivity contribution < 1.29 is 17.9 Å². The highest BCUT2D eigenvalue weighted by molar-refractivity contribution is 6.02. The van der Waals surface area contributed by atoms with Crippen LogP contribution in [0.3, 0.4) is 0 Å². The molecule has 206 valence electrons. The first kappa shape index (κ1) is 25.8. The Morgan fingerprint density at radius 3 is 2.00 bits per heavy atom. The lowest BCUT2D eigenvalue weighted by Crippen LogP contribution is -2.06. The highest BCUT2D eigenvalue weighted by Crippen LogP contribution is 2.39. The van der Waals surface area contributed by atoms with E-state index in [0.29, 0.717) is 30.0 Å². The Bertz CT molecular complexity index is 2010. The Balaban J connectivity index is 1.31. The number of halogens is 3. The van der Waals surface area contributed by atoms with Crippen molar-refractivity contribution in [3.63, 3.8) is 0 Å². The van der Waals surface area contributed by atoms with E-state index in [1.807, 2.05) is 78.9 Å². The molecule has 0 fully saturated rings. The lowest BCUT2D eigenvalue weighted by atomic mass is 9.97. The molecular weight excluding hydrogens is 533 g/mol. The molecule has 0 aliphatic carbocycles. The zero-order valence-corrected chi connectivity index (χ0v) is 22.5. The SMILES string of the molecule is FC(F)(F)c1cccc2c(-c3cccc(OCc4c5ccccc5cc5ccccc45)c3)n(Cc3ccccc3)nc12. The third-order valence-corrected chi connectivity index (χ3v) is 7.62. The number of hydrogen-bond acceptors (Lipinski definition) is 2. The summed E-state index contributed by atoms with van der Waals surface area (Å²) in [5.41, 5.74) is 2.56. The molecule has 0 radical (unpaired) electrons. The van der Waals surface area contributed by atoms with Gasteiger partial charge in [0, 0.05) is 16.5 Å². The summed E-state index contributed by atoms with van der Waals surface area (Å²) in [7, 11) is 0. The second-order valence-electron chi connectivity index (χ2n) is 10.3. The number of benzene rings is 6. The van der Waals surface area contributed by atoms with Crippen LogP contribution in [0.2, 0.25) is 0 Å². The number of nitrogens with zero attached hydrogens (tertiary/aromatic N) is 2. The van der Waals surface area contributed by atoms with Gasteiger partial charge in [-0.15, -0.1) is 0 Å². The van der Waals surface area contributed by atoms with E-state index in [2.05, 4.69) is 35.4 Å². The quantitative estimate of drug-likeness (QED) is 0.190. The van der Waals surface area contributed by atoms with Gasteiger partial charge < -0.3 is 4.74 Å². The molecule has 0 aliphatic rings. The second kappa shape index (κ2) is 10.4. The highest BCUT2D eigenvalue weighted by atomic mass is 19.4. The van der Waals surface area contributed by atoms with Crippen molar-refractivity contribution in [1.29, 1.82) is 0 Å². The summed E-state index contributed by atoms with van der Waals surface area (Å²) in [6, 6.07) is 40.0. The Labute approximate surface area is 240 Å². The van der Waals surface area contributed by atoms with E-state index in [0.717, 1.165) is 44.3 Å². The first-order valence-electron chi connectivity index (χ1n) is 13.7. The molecule has 0 spiro atoms. The molecule has 42 heavy (non-hydrogen) atoms. The van der Waals surface area contributed by atoms with E-state index in [1.54, 1.807) is 10.7 Å².